The van der Waals surface area contributed by atoms with E-state index in [0.29, 0.717) is 23.8 Å². The van der Waals surface area contributed by atoms with E-state index < -0.39 is 0 Å². The quantitative estimate of drug-likeness (QED) is 0.646. The number of benzene rings is 1. The molecule has 132 valence electrons. The van der Waals surface area contributed by atoms with E-state index in [1.807, 2.05) is 30.3 Å². The van der Waals surface area contributed by atoms with Crippen LogP contribution in [0, 0.1) is 5.92 Å². The minimum atomic E-state index is 0.0815. The van der Waals surface area contributed by atoms with Gasteiger partial charge in [0.15, 0.2) is 5.78 Å². The van der Waals surface area contributed by atoms with Crippen LogP contribution in [0.5, 0.6) is 0 Å². The lowest BCUT2D eigenvalue weighted by molar-refractivity contribution is 0.0349. The Hall–Kier alpha value is -1.15. The molecule has 24 heavy (non-hydrogen) atoms. The highest BCUT2D eigenvalue weighted by Crippen LogP contribution is 2.36. The smallest absolute Gasteiger partial charge is 0.180 e. The number of carbonyl (C=O) groups is 1. The standard InChI is InChI=1S/C22H33NO/c1-17(2)23(20-15-7-4-8-16-20)21(18-11-9-10-12-18)22(24)19-13-5-3-6-14-19/h3,5-6,13-14,17-18,20-21H,4,7-12,15-16H2,1-2H3. The molecule has 0 aliphatic heterocycles. The molecule has 0 bridgehead atoms. The van der Waals surface area contributed by atoms with Crippen LogP contribution in [0.15, 0.2) is 30.3 Å². The van der Waals surface area contributed by atoms with Crippen molar-refractivity contribution < 1.29 is 4.79 Å². The van der Waals surface area contributed by atoms with Gasteiger partial charge in [0.2, 0.25) is 0 Å². The van der Waals surface area contributed by atoms with Gasteiger partial charge in [-0.1, -0.05) is 62.4 Å². The van der Waals surface area contributed by atoms with Crippen molar-refractivity contribution >= 4 is 5.78 Å². The van der Waals surface area contributed by atoms with Crippen molar-refractivity contribution in [2.24, 2.45) is 5.92 Å². The lowest BCUT2D eigenvalue weighted by Gasteiger charge is -2.44. The molecular weight excluding hydrogens is 294 g/mol. The second-order valence-corrected chi connectivity index (χ2v) is 8.05. The Balaban J connectivity index is 1.90. The first kappa shape index (κ1) is 17.7. The average molecular weight is 328 g/mol. The molecule has 0 aromatic heterocycles. The molecular formula is C22H33NO. The minimum absolute atomic E-state index is 0.0815. The van der Waals surface area contributed by atoms with Gasteiger partial charge in [0, 0.05) is 17.6 Å². The third-order valence-corrected chi connectivity index (χ3v) is 6.09. The molecule has 1 aromatic carbocycles. The van der Waals surface area contributed by atoms with Crippen LogP contribution in [-0.2, 0) is 0 Å². The molecule has 0 saturated heterocycles. The van der Waals surface area contributed by atoms with Crippen LogP contribution in [0.3, 0.4) is 0 Å². The van der Waals surface area contributed by atoms with Gasteiger partial charge in [-0.2, -0.15) is 0 Å². The number of carbonyl (C=O) groups excluding carboxylic acids is 1. The fourth-order valence-corrected chi connectivity index (χ4v) is 4.99. The van der Waals surface area contributed by atoms with Gasteiger partial charge in [0.05, 0.1) is 6.04 Å². The summed E-state index contributed by atoms with van der Waals surface area (Å²) in [5.41, 5.74) is 0.899. The first-order chi connectivity index (χ1) is 11.7. The topological polar surface area (TPSA) is 20.3 Å². The van der Waals surface area contributed by atoms with E-state index >= 15 is 0 Å². The minimum Gasteiger partial charge on any atom is -0.292 e. The second kappa shape index (κ2) is 8.29. The molecule has 0 spiro atoms. The summed E-state index contributed by atoms with van der Waals surface area (Å²) < 4.78 is 0. The van der Waals surface area contributed by atoms with Crippen molar-refractivity contribution in [3.63, 3.8) is 0 Å². The van der Waals surface area contributed by atoms with Gasteiger partial charge in [0.1, 0.15) is 0 Å². The molecule has 2 aliphatic carbocycles. The van der Waals surface area contributed by atoms with E-state index in [-0.39, 0.29) is 6.04 Å². The summed E-state index contributed by atoms with van der Waals surface area (Å²) >= 11 is 0. The van der Waals surface area contributed by atoms with Crippen molar-refractivity contribution in [2.45, 2.75) is 89.8 Å². The molecule has 1 unspecified atom stereocenters. The van der Waals surface area contributed by atoms with Crippen LogP contribution in [0.4, 0.5) is 0 Å². The van der Waals surface area contributed by atoms with Crippen molar-refractivity contribution in [1.82, 2.24) is 4.90 Å². The van der Waals surface area contributed by atoms with Gasteiger partial charge < -0.3 is 0 Å². The molecule has 0 N–H and O–H groups in total. The molecule has 2 aliphatic rings. The molecule has 3 rings (SSSR count). The first-order valence-electron chi connectivity index (χ1n) is 10.0. The molecule has 1 aromatic rings. The summed E-state index contributed by atoms with van der Waals surface area (Å²) in [6, 6.07) is 11.1. The third-order valence-electron chi connectivity index (χ3n) is 6.09. The lowest BCUT2D eigenvalue weighted by Crippen LogP contribution is -2.54. The Labute approximate surface area is 147 Å². The van der Waals surface area contributed by atoms with Crippen molar-refractivity contribution in [3.05, 3.63) is 35.9 Å². The number of hydrogen-bond acceptors (Lipinski definition) is 2. The number of nitrogens with zero attached hydrogens (tertiary/aromatic N) is 1. The monoisotopic (exact) mass is 327 g/mol. The van der Waals surface area contributed by atoms with E-state index in [1.54, 1.807) is 0 Å². The highest BCUT2D eigenvalue weighted by Gasteiger charge is 2.40. The number of hydrogen-bond donors (Lipinski definition) is 0. The summed E-state index contributed by atoms with van der Waals surface area (Å²) in [7, 11) is 0. The lowest BCUT2D eigenvalue weighted by atomic mass is 9.85. The largest absolute Gasteiger partial charge is 0.292 e. The predicted octanol–water partition coefficient (Wildman–Crippen LogP) is 5.47. The van der Waals surface area contributed by atoms with Gasteiger partial charge in [-0.3, -0.25) is 9.69 Å². The number of rotatable bonds is 6. The summed E-state index contributed by atoms with van der Waals surface area (Å²) in [6.45, 7) is 4.57. The Morgan fingerprint density at radius 3 is 2.08 bits per heavy atom. The maximum atomic E-state index is 13.5. The maximum Gasteiger partial charge on any atom is 0.180 e. The summed E-state index contributed by atoms with van der Waals surface area (Å²) in [4.78, 5) is 16.1. The number of Topliss-reactive ketones (excluding diaryl/α,β-unsaturated/α-hetero) is 1. The summed E-state index contributed by atoms with van der Waals surface area (Å²) in [5, 5.41) is 0. The van der Waals surface area contributed by atoms with Gasteiger partial charge in [-0.25, -0.2) is 0 Å². The molecule has 2 heteroatoms. The zero-order valence-electron chi connectivity index (χ0n) is 15.4. The third kappa shape index (κ3) is 3.91. The Morgan fingerprint density at radius 2 is 1.50 bits per heavy atom. The van der Waals surface area contributed by atoms with E-state index in [0.717, 1.165) is 5.56 Å². The fourth-order valence-electron chi connectivity index (χ4n) is 4.99. The van der Waals surface area contributed by atoms with Gasteiger partial charge in [-0.05, 0) is 45.4 Å². The highest BCUT2D eigenvalue weighted by atomic mass is 16.1. The Morgan fingerprint density at radius 1 is 0.917 bits per heavy atom. The Bertz CT molecular complexity index is 512. The van der Waals surface area contributed by atoms with Crippen molar-refractivity contribution in [1.29, 1.82) is 0 Å². The van der Waals surface area contributed by atoms with Crippen LogP contribution < -0.4 is 0 Å². The molecule has 2 fully saturated rings. The van der Waals surface area contributed by atoms with Crippen LogP contribution in [0.2, 0.25) is 0 Å². The summed E-state index contributed by atoms with van der Waals surface area (Å²) in [5.74, 6) is 0.906. The van der Waals surface area contributed by atoms with Crippen molar-refractivity contribution in [2.75, 3.05) is 0 Å². The second-order valence-electron chi connectivity index (χ2n) is 8.05. The van der Waals surface area contributed by atoms with Crippen molar-refractivity contribution in [3.8, 4) is 0 Å². The van der Waals surface area contributed by atoms with E-state index in [1.165, 1.54) is 57.8 Å². The highest BCUT2D eigenvalue weighted by molar-refractivity contribution is 6.00. The predicted molar refractivity (Wildman–Crippen MR) is 100 cm³/mol. The van der Waals surface area contributed by atoms with Gasteiger partial charge >= 0.3 is 0 Å². The van der Waals surface area contributed by atoms with E-state index in [2.05, 4.69) is 18.7 Å². The maximum absolute atomic E-state index is 13.5. The molecule has 2 saturated carbocycles. The molecule has 1 atom stereocenters. The van der Waals surface area contributed by atoms with Crippen LogP contribution >= 0.6 is 0 Å². The van der Waals surface area contributed by atoms with Crippen LogP contribution in [0.25, 0.3) is 0 Å². The fraction of sp³-hybridized carbons (Fsp3) is 0.682. The molecule has 0 amide bonds. The normalized spacial score (nSPS) is 21.5. The SMILES string of the molecule is CC(C)N(C1CCCCC1)C(C(=O)c1ccccc1)C1CCCC1. The molecule has 0 heterocycles. The first-order valence-corrected chi connectivity index (χ1v) is 10.0. The Kier molecular flexibility index (Phi) is 6.10. The van der Waals surface area contributed by atoms with Crippen LogP contribution in [0.1, 0.15) is 82.0 Å². The van der Waals surface area contributed by atoms with E-state index in [4.69, 9.17) is 0 Å². The van der Waals surface area contributed by atoms with E-state index in [9.17, 15) is 4.79 Å². The average Bonchev–Trinajstić information content (AvgIpc) is 3.14. The number of ketones is 1. The zero-order valence-corrected chi connectivity index (χ0v) is 15.4. The van der Waals surface area contributed by atoms with Gasteiger partial charge in [0.25, 0.3) is 0 Å². The van der Waals surface area contributed by atoms with Gasteiger partial charge in [-0.15, -0.1) is 0 Å². The molecule has 0 radical (unpaired) electrons. The van der Waals surface area contributed by atoms with Crippen LogP contribution in [-0.4, -0.2) is 28.8 Å². The molecule has 2 nitrogen and oxygen atoms in total. The zero-order chi connectivity index (χ0) is 16.9. The summed E-state index contributed by atoms with van der Waals surface area (Å²) in [6.07, 6.45) is 11.6.